The minimum Gasteiger partial charge on any atom is -0.493 e. The van der Waals surface area contributed by atoms with Gasteiger partial charge in [0.05, 0.1) is 18.8 Å². The number of ether oxygens (including phenoxy) is 3. The molecule has 2 aromatic rings. The summed E-state index contributed by atoms with van der Waals surface area (Å²) in [7, 11) is 0. The summed E-state index contributed by atoms with van der Waals surface area (Å²) in [5.41, 5.74) is 1.69. The molecular formula is C34H50O4S. The fraction of sp³-hybridized carbons (Fsp3) is 0.618. The highest BCUT2D eigenvalue weighted by Crippen LogP contribution is 2.38. The van der Waals surface area contributed by atoms with E-state index >= 15 is 0 Å². The first-order chi connectivity index (χ1) is 19.1. The molecule has 0 bridgehead atoms. The predicted octanol–water partition coefficient (Wildman–Crippen LogP) is 10.0. The van der Waals surface area contributed by atoms with Crippen LogP contribution in [0, 0.1) is 11.8 Å². The topological polar surface area (TPSA) is 44.8 Å². The Bertz CT molecular complexity index is 919. The largest absolute Gasteiger partial charge is 0.493 e. The third-order valence-electron chi connectivity index (χ3n) is 7.62. The fourth-order valence-electron chi connectivity index (χ4n) is 4.73. The van der Waals surface area contributed by atoms with Crippen molar-refractivity contribution in [1.82, 2.24) is 0 Å². The van der Waals surface area contributed by atoms with Gasteiger partial charge in [-0.2, -0.15) is 0 Å². The summed E-state index contributed by atoms with van der Waals surface area (Å²) in [4.78, 5) is 12.6. The van der Waals surface area contributed by atoms with Gasteiger partial charge in [-0.05, 0) is 60.2 Å². The van der Waals surface area contributed by atoms with Crippen LogP contribution in [0.25, 0.3) is 0 Å². The molecule has 4 nitrogen and oxygen atoms in total. The van der Waals surface area contributed by atoms with Crippen LogP contribution in [0.2, 0.25) is 0 Å². The molecule has 1 fully saturated rings. The van der Waals surface area contributed by atoms with Crippen LogP contribution in [-0.4, -0.2) is 24.9 Å². The van der Waals surface area contributed by atoms with Gasteiger partial charge in [0.15, 0.2) is 0 Å². The molecule has 3 atom stereocenters. The molecule has 5 heteroatoms. The summed E-state index contributed by atoms with van der Waals surface area (Å²) in [6.07, 6.45) is 16.2. The van der Waals surface area contributed by atoms with Crippen LogP contribution < -0.4 is 9.47 Å². The van der Waals surface area contributed by atoms with E-state index in [1.807, 2.05) is 48.2 Å². The normalized spacial score (nSPS) is 18.0. The minimum atomic E-state index is -0.366. The summed E-state index contributed by atoms with van der Waals surface area (Å²) in [5, 5.41) is 0. The fourth-order valence-corrected chi connectivity index (χ4v) is 5.96. The molecular weight excluding hydrogens is 504 g/mol. The smallest absolute Gasteiger partial charge is 0.343 e. The molecule has 0 aliphatic carbocycles. The van der Waals surface area contributed by atoms with Crippen LogP contribution in [-0.2, 0) is 4.74 Å². The Hall–Kier alpha value is -1.98. The van der Waals surface area contributed by atoms with Gasteiger partial charge in [0, 0.05) is 5.75 Å². The van der Waals surface area contributed by atoms with Gasteiger partial charge in [-0.25, -0.2) is 4.79 Å². The number of hydrogen-bond donors (Lipinski definition) is 0. The van der Waals surface area contributed by atoms with E-state index < -0.39 is 0 Å². The summed E-state index contributed by atoms with van der Waals surface area (Å²) in [6.45, 7) is 8.10. The molecule has 216 valence electrons. The van der Waals surface area contributed by atoms with E-state index in [1.165, 1.54) is 70.6 Å². The molecule has 3 rings (SSSR count). The Balaban J connectivity index is 1.30. The molecule has 0 radical (unpaired) electrons. The number of hydrogen-bond acceptors (Lipinski definition) is 5. The average Bonchev–Trinajstić information content (AvgIpc) is 2.98. The van der Waals surface area contributed by atoms with Crippen LogP contribution in [0.4, 0.5) is 0 Å². The molecule has 1 aliphatic heterocycles. The van der Waals surface area contributed by atoms with Gasteiger partial charge in [0.25, 0.3) is 0 Å². The van der Waals surface area contributed by atoms with Crippen LogP contribution in [0.15, 0.2) is 48.5 Å². The lowest BCUT2D eigenvalue weighted by atomic mass is 10.0. The number of rotatable bonds is 18. The van der Waals surface area contributed by atoms with Crippen molar-refractivity contribution in [2.45, 2.75) is 103 Å². The quantitative estimate of drug-likeness (QED) is 0.104. The van der Waals surface area contributed by atoms with Gasteiger partial charge >= 0.3 is 5.97 Å². The van der Waals surface area contributed by atoms with Crippen LogP contribution in [0.5, 0.6) is 11.5 Å². The predicted molar refractivity (Wildman–Crippen MR) is 164 cm³/mol. The van der Waals surface area contributed by atoms with Crippen molar-refractivity contribution in [3.63, 3.8) is 0 Å². The van der Waals surface area contributed by atoms with Crippen molar-refractivity contribution in [3.05, 3.63) is 59.7 Å². The van der Waals surface area contributed by atoms with E-state index in [0.29, 0.717) is 29.8 Å². The summed E-state index contributed by atoms with van der Waals surface area (Å²) < 4.78 is 17.6. The number of unbranched alkanes of at least 4 members (excludes halogenated alkanes) is 9. The Morgan fingerprint density at radius 3 is 2.08 bits per heavy atom. The monoisotopic (exact) mass is 554 g/mol. The molecule has 39 heavy (non-hydrogen) atoms. The molecule has 0 N–H and O–H groups in total. The molecule has 2 aromatic carbocycles. The van der Waals surface area contributed by atoms with E-state index in [-0.39, 0.29) is 11.4 Å². The van der Waals surface area contributed by atoms with E-state index in [1.54, 1.807) is 12.1 Å². The molecule has 0 saturated carbocycles. The van der Waals surface area contributed by atoms with Crippen molar-refractivity contribution < 1.29 is 19.0 Å². The van der Waals surface area contributed by atoms with Crippen LogP contribution >= 0.6 is 11.8 Å². The number of carbonyl (C=O) groups is 1. The zero-order chi connectivity index (χ0) is 27.7. The lowest BCUT2D eigenvalue weighted by Crippen LogP contribution is -2.20. The van der Waals surface area contributed by atoms with Crippen molar-refractivity contribution in [1.29, 1.82) is 0 Å². The van der Waals surface area contributed by atoms with E-state index in [4.69, 9.17) is 14.2 Å². The van der Waals surface area contributed by atoms with Gasteiger partial charge < -0.3 is 14.2 Å². The lowest BCUT2D eigenvalue weighted by Gasteiger charge is -2.29. The Morgan fingerprint density at radius 2 is 1.49 bits per heavy atom. The van der Waals surface area contributed by atoms with Crippen molar-refractivity contribution in [2.24, 2.45) is 11.8 Å². The maximum atomic E-state index is 12.6. The third kappa shape index (κ3) is 12.0. The second-order valence-electron chi connectivity index (χ2n) is 11.1. The zero-order valence-corrected chi connectivity index (χ0v) is 25.3. The average molecular weight is 555 g/mol. The molecule has 3 unspecified atom stereocenters. The highest BCUT2D eigenvalue weighted by Gasteiger charge is 2.23. The van der Waals surface area contributed by atoms with Gasteiger partial charge in [-0.1, -0.05) is 104 Å². The van der Waals surface area contributed by atoms with Gasteiger partial charge in [-0.15, -0.1) is 11.8 Å². The highest BCUT2D eigenvalue weighted by atomic mass is 32.2. The van der Waals surface area contributed by atoms with E-state index in [0.717, 1.165) is 30.1 Å². The Labute approximate surface area is 241 Å². The first-order valence-electron chi connectivity index (χ1n) is 15.4. The molecule has 1 saturated heterocycles. The first kappa shape index (κ1) is 31.5. The second kappa shape index (κ2) is 18.4. The lowest BCUT2D eigenvalue weighted by molar-refractivity contribution is 0.0724. The number of benzene rings is 2. The van der Waals surface area contributed by atoms with Crippen molar-refractivity contribution in [3.8, 4) is 11.5 Å². The van der Waals surface area contributed by atoms with Crippen molar-refractivity contribution in [2.75, 3.05) is 19.0 Å². The maximum absolute atomic E-state index is 12.6. The SMILES string of the molecule is CCCCCCCCCCCCC1COC(c2ccc(OC(=O)c3ccc(OCC(C)CC)cc3)cc2)SC1. The van der Waals surface area contributed by atoms with Crippen molar-refractivity contribution >= 4 is 17.7 Å². The number of esters is 1. The van der Waals surface area contributed by atoms with Crippen LogP contribution in [0.1, 0.15) is 119 Å². The first-order valence-corrected chi connectivity index (χ1v) is 16.4. The van der Waals surface area contributed by atoms with E-state index in [2.05, 4.69) is 20.8 Å². The summed E-state index contributed by atoms with van der Waals surface area (Å²) in [5.74, 6) is 3.26. The van der Waals surface area contributed by atoms with E-state index in [9.17, 15) is 4.79 Å². The molecule has 0 aromatic heterocycles. The highest BCUT2D eigenvalue weighted by molar-refractivity contribution is 7.99. The Morgan fingerprint density at radius 1 is 0.872 bits per heavy atom. The molecule has 1 heterocycles. The number of carbonyl (C=O) groups excluding carboxylic acids is 1. The summed E-state index contributed by atoms with van der Waals surface area (Å²) in [6, 6.07) is 14.9. The van der Waals surface area contributed by atoms with Gasteiger partial charge in [0.2, 0.25) is 0 Å². The zero-order valence-electron chi connectivity index (χ0n) is 24.5. The minimum absolute atomic E-state index is 0.0571. The summed E-state index contributed by atoms with van der Waals surface area (Å²) >= 11 is 1.89. The molecule has 0 amide bonds. The van der Waals surface area contributed by atoms with Gasteiger partial charge in [0.1, 0.15) is 16.9 Å². The maximum Gasteiger partial charge on any atom is 0.343 e. The third-order valence-corrected chi connectivity index (χ3v) is 8.99. The number of thioether (sulfide) groups is 1. The second-order valence-corrected chi connectivity index (χ2v) is 12.2. The molecule has 0 spiro atoms. The van der Waals surface area contributed by atoms with Crippen LogP contribution in [0.3, 0.4) is 0 Å². The standard InChI is InChI=1S/C34H50O4S/c1-4-6-7-8-9-10-11-12-13-14-15-28-25-37-34(39-26-28)30-18-22-32(23-19-30)38-33(35)29-16-20-31(21-17-29)36-24-27(3)5-2/h16-23,27-28,34H,4-15,24-26H2,1-3H3. The molecule has 1 aliphatic rings. The van der Waals surface area contributed by atoms with Gasteiger partial charge in [-0.3, -0.25) is 0 Å². The Kier molecular flexibility index (Phi) is 14.9.